The van der Waals surface area contributed by atoms with Crippen LogP contribution in [0.2, 0.25) is 0 Å². The fraction of sp³-hybridized carbons (Fsp3) is 0.647. The Morgan fingerprint density at radius 1 is 1.11 bits per heavy atom. The standard InChI is InChI=1S/C17H29NO/c1-13(12-18-17(5,6)7)19-15-10-8-9-14(11-15)16(2,3)4/h8-11,13,18H,12H2,1-7H3/t13-/m0/s1. The molecule has 1 atom stereocenters. The Morgan fingerprint density at radius 2 is 1.74 bits per heavy atom. The molecular formula is C17H29NO. The molecule has 2 nitrogen and oxygen atoms in total. The van der Waals surface area contributed by atoms with Crippen LogP contribution < -0.4 is 10.1 Å². The maximum atomic E-state index is 5.98. The Morgan fingerprint density at radius 3 is 2.26 bits per heavy atom. The summed E-state index contributed by atoms with van der Waals surface area (Å²) in [5.41, 5.74) is 1.60. The normalized spacial score (nSPS) is 14.3. The highest BCUT2D eigenvalue weighted by Crippen LogP contribution is 2.26. The van der Waals surface area contributed by atoms with Gasteiger partial charge >= 0.3 is 0 Å². The largest absolute Gasteiger partial charge is 0.489 e. The van der Waals surface area contributed by atoms with Crippen molar-refractivity contribution in [2.75, 3.05) is 6.54 Å². The molecule has 0 saturated heterocycles. The molecule has 0 aliphatic heterocycles. The molecule has 2 heteroatoms. The third-order valence-corrected chi connectivity index (χ3v) is 2.96. The molecule has 0 spiro atoms. The van der Waals surface area contributed by atoms with Gasteiger partial charge in [0, 0.05) is 12.1 Å². The van der Waals surface area contributed by atoms with E-state index in [1.54, 1.807) is 0 Å². The molecule has 0 fully saturated rings. The van der Waals surface area contributed by atoms with Gasteiger partial charge in [0.2, 0.25) is 0 Å². The van der Waals surface area contributed by atoms with Crippen molar-refractivity contribution in [3.8, 4) is 5.75 Å². The fourth-order valence-corrected chi connectivity index (χ4v) is 1.76. The van der Waals surface area contributed by atoms with Gasteiger partial charge in [-0.15, -0.1) is 0 Å². The van der Waals surface area contributed by atoms with E-state index in [-0.39, 0.29) is 17.1 Å². The second kappa shape index (κ2) is 5.96. The molecule has 1 rings (SSSR count). The average molecular weight is 263 g/mol. The van der Waals surface area contributed by atoms with Gasteiger partial charge in [-0.25, -0.2) is 0 Å². The van der Waals surface area contributed by atoms with Crippen LogP contribution in [0.4, 0.5) is 0 Å². The quantitative estimate of drug-likeness (QED) is 0.881. The molecule has 0 saturated carbocycles. The zero-order chi connectivity index (χ0) is 14.7. The molecule has 0 aliphatic rings. The van der Waals surface area contributed by atoms with Crippen molar-refractivity contribution >= 4 is 0 Å². The molecule has 1 aromatic rings. The molecule has 0 bridgehead atoms. The van der Waals surface area contributed by atoms with Crippen LogP contribution in [0.1, 0.15) is 54.0 Å². The van der Waals surface area contributed by atoms with E-state index in [1.165, 1.54) is 5.56 Å². The van der Waals surface area contributed by atoms with E-state index in [4.69, 9.17) is 4.74 Å². The van der Waals surface area contributed by atoms with Gasteiger partial charge in [-0.2, -0.15) is 0 Å². The molecule has 19 heavy (non-hydrogen) atoms. The number of hydrogen-bond acceptors (Lipinski definition) is 2. The van der Waals surface area contributed by atoms with Crippen molar-refractivity contribution in [3.05, 3.63) is 29.8 Å². The van der Waals surface area contributed by atoms with E-state index in [2.05, 4.69) is 72.0 Å². The monoisotopic (exact) mass is 263 g/mol. The predicted molar refractivity (Wildman–Crippen MR) is 83.0 cm³/mol. The first kappa shape index (κ1) is 16.0. The summed E-state index contributed by atoms with van der Waals surface area (Å²) in [6, 6.07) is 8.40. The number of benzene rings is 1. The first-order valence-corrected chi connectivity index (χ1v) is 7.10. The lowest BCUT2D eigenvalue weighted by atomic mass is 9.87. The minimum absolute atomic E-state index is 0.130. The first-order valence-electron chi connectivity index (χ1n) is 7.10. The second-order valence-electron chi connectivity index (χ2n) is 7.34. The Kier molecular flexibility index (Phi) is 5.03. The second-order valence-corrected chi connectivity index (χ2v) is 7.34. The Labute approximate surface area is 118 Å². The van der Waals surface area contributed by atoms with Crippen LogP contribution in [0.25, 0.3) is 0 Å². The van der Waals surface area contributed by atoms with Crippen LogP contribution in [-0.2, 0) is 5.41 Å². The van der Waals surface area contributed by atoms with E-state index in [0.717, 1.165) is 12.3 Å². The number of nitrogens with one attached hydrogen (secondary N) is 1. The minimum atomic E-state index is 0.130. The summed E-state index contributed by atoms with van der Waals surface area (Å²) in [4.78, 5) is 0. The van der Waals surface area contributed by atoms with Crippen molar-refractivity contribution in [2.24, 2.45) is 0 Å². The van der Waals surface area contributed by atoms with Crippen molar-refractivity contribution in [1.82, 2.24) is 5.32 Å². The SMILES string of the molecule is C[C@@H](CNC(C)(C)C)Oc1cccc(C(C)(C)C)c1. The van der Waals surface area contributed by atoms with Crippen LogP contribution in [0.15, 0.2) is 24.3 Å². The van der Waals surface area contributed by atoms with Gasteiger partial charge in [-0.3, -0.25) is 0 Å². The van der Waals surface area contributed by atoms with Crippen molar-refractivity contribution in [3.63, 3.8) is 0 Å². The Balaban J connectivity index is 2.62. The molecular weight excluding hydrogens is 234 g/mol. The van der Waals surface area contributed by atoms with Crippen molar-refractivity contribution in [2.45, 2.75) is 65.5 Å². The van der Waals surface area contributed by atoms with Gasteiger partial charge in [0.1, 0.15) is 11.9 Å². The lowest BCUT2D eigenvalue weighted by Crippen LogP contribution is -2.41. The maximum Gasteiger partial charge on any atom is 0.120 e. The first-order chi connectivity index (χ1) is 8.58. The summed E-state index contributed by atoms with van der Waals surface area (Å²) in [7, 11) is 0. The molecule has 108 valence electrons. The number of ether oxygens (including phenoxy) is 1. The molecule has 0 unspecified atom stereocenters. The third kappa shape index (κ3) is 6.11. The van der Waals surface area contributed by atoms with E-state index in [0.29, 0.717) is 0 Å². The molecule has 1 N–H and O–H groups in total. The summed E-state index contributed by atoms with van der Waals surface area (Å²) in [6.45, 7) is 16.1. The lowest BCUT2D eigenvalue weighted by Gasteiger charge is -2.25. The summed E-state index contributed by atoms with van der Waals surface area (Å²) >= 11 is 0. The molecule has 0 radical (unpaired) electrons. The fourth-order valence-electron chi connectivity index (χ4n) is 1.76. The highest BCUT2D eigenvalue weighted by atomic mass is 16.5. The van der Waals surface area contributed by atoms with Gasteiger partial charge in [-0.1, -0.05) is 32.9 Å². The number of hydrogen-bond donors (Lipinski definition) is 1. The van der Waals surface area contributed by atoms with E-state index in [9.17, 15) is 0 Å². The van der Waals surface area contributed by atoms with Gasteiger partial charge in [0.15, 0.2) is 0 Å². The van der Waals surface area contributed by atoms with E-state index in [1.807, 2.05) is 6.07 Å². The summed E-state index contributed by atoms with van der Waals surface area (Å²) < 4.78 is 5.98. The van der Waals surface area contributed by atoms with Crippen LogP contribution in [0.5, 0.6) is 5.75 Å². The Bertz CT molecular complexity index is 398. The topological polar surface area (TPSA) is 21.3 Å². The van der Waals surface area contributed by atoms with E-state index >= 15 is 0 Å². The van der Waals surface area contributed by atoms with Gasteiger partial charge in [-0.05, 0) is 50.8 Å². The van der Waals surface area contributed by atoms with Crippen LogP contribution in [0, 0.1) is 0 Å². The smallest absolute Gasteiger partial charge is 0.120 e. The summed E-state index contributed by atoms with van der Waals surface area (Å²) in [5.74, 6) is 0.954. The molecule has 0 heterocycles. The number of rotatable bonds is 4. The van der Waals surface area contributed by atoms with Gasteiger partial charge in [0.05, 0.1) is 0 Å². The highest BCUT2D eigenvalue weighted by molar-refractivity contribution is 5.32. The zero-order valence-electron chi connectivity index (χ0n) is 13.5. The van der Waals surface area contributed by atoms with Crippen molar-refractivity contribution < 1.29 is 4.74 Å². The van der Waals surface area contributed by atoms with Gasteiger partial charge in [0.25, 0.3) is 0 Å². The average Bonchev–Trinajstić information content (AvgIpc) is 2.25. The summed E-state index contributed by atoms with van der Waals surface area (Å²) in [6.07, 6.45) is 0.162. The maximum absolute atomic E-state index is 5.98. The molecule has 0 amide bonds. The highest BCUT2D eigenvalue weighted by Gasteiger charge is 2.15. The Hall–Kier alpha value is -1.02. The third-order valence-electron chi connectivity index (χ3n) is 2.96. The van der Waals surface area contributed by atoms with E-state index < -0.39 is 0 Å². The van der Waals surface area contributed by atoms with Crippen LogP contribution in [-0.4, -0.2) is 18.2 Å². The predicted octanol–water partition coefficient (Wildman–Crippen LogP) is 4.14. The van der Waals surface area contributed by atoms with Crippen LogP contribution >= 0.6 is 0 Å². The zero-order valence-corrected chi connectivity index (χ0v) is 13.5. The molecule has 0 aromatic heterocycles. The van der Waals surface area contributed by atoms with Crippen molar-refractivity contribution in [1.29, 1.82) is 0 Å². The molecule has 1 aromatic carbocycles. The van der Waals surface area contributed by atoms with Gasteiger partial charge < -0.3 is 10.1 Å². The summed E-state index contributed by atoms with van der Waals surface area (Å²) in [5, 5.41) is 3.46. The minimum Gasteiger partial charge on any atom is -0.489 e. The molecule has 0 aliphatic carbocycles. The van der Waals surface area contributed by atoms with Crippen LogP contribution in [0.3, 0.4) is 0 Å². The lowest BCUT2D eigenvalue weighted by molar-refractivity contribution is 0.203.